The maximum absolute atomic E-state index is 12.4. The summed E-state index contributed by atoms with van der Waals surface area (Å²) >= 11 is 5.03. The van der Waals surface area contributed by atoms with E-state index in [-0.39, 0.29) is 0 Å². The third kappa shape index (κ3) is 1.74. The molecule has 3 N–H and O–H groups in total. The topological polar surface area (TPSA) is 76.2 Å². The number of nitrogens with two attached hydrogens (primary N) is 1. The highest BCUT2D eigenvalue weighted by Gasteiger charge is 2.24. The van der Waals surface area contributed by atoms with E-state index in [2.05, 4.69) is 4.98 Å². The van der Waals surface area contributed by atoms with E-state index in [1.54, 1.807) is 0 Å². The molecule has 1 aromatic heterocycles. The number of aromatic hydroxyl groups is 1. The molecule has 0 bridgehead atoms. The highest BCUT2D eigenvalue weighted by Crippen LogP contribution is 2.33. The lowest BCUT2D eigenvalue weighted by Crippen LogP contribution is -2.06. The van der Waals surface area contributed by atoms with Gasteiger partial charge in [0.05, 0.1) is 17.3 Å². The van der Waals surface area contributed by atoms with E-state index >= 15 is 0 Å². The van der Waals surface area contributed by atoms with Gasteiger partial charge >= 0.3 is 0 Å². The Balaban J connectivity index is 3.50. The van der Waals surface area contributed by atoms with Crippen LogP contribution in [0, 0.1) is 0 Å². The lowest BCUT2D eigenvalue weighted by Gasteiger charge is -2.08. The van der Waals surface area contributed by atoms with Crippen LogP contribution >= 0.6 is 11.6 Å². The summed E-state index contributed by atoms with van der Waals surface area (Å²) in [5, 5.41) is 7.85. The van der Waals surface area contributed by atoms with E-state index in [0.29, 0.717) is 0 Å². The van der Waals surface area contributed by atoms with Gasteiger partial charge in [-0.2, -0.15) is 0 Å². The molecular formula is C7H5ClF2N2O2. The molecule has 0 spiro atoms. The summed E-state index contributed by atoms with van der Waals surface area (Å²) < 4.78 is 24.7. The second kappa shape index (κ2) is 3.75. The normalized spacial score (nSPS) is 10.6. The smallest absolute Gasteiger partial charge is 0.268 e. The van der Waals surface area contributed by atoms with Crippen molar-refractivity contribution in [1.82, 2.24) is 4.98 Å². The molecule has 76 valence electrons. The Bertz CT molecular complexity index is 384. The summed E-state index contributed by atoms with van der Waals surface area (Å²) in [6, 6.07) is 0. The average Bonchev–Trinajstić information content (AvgIpc) is 2.07. The number of alkyl halides is 2. The highest BCUT2D eigenvalue weighted by molar-refractivity contribution is 6.68. The molecule has 7 heteroatoms. The number of carbonyl (C=O) groups excluding carboxylic acids is 1. The van der Waals surface area contributed by atoms with Gasteiger partial charge in [-0.05, 0) is 11.6 Å². The highest BCUT2D eigenvalue weighted by atomic mass is 35.5. The largest absolute Gasteiger partial charge is 0.506 e. The van der Waals surface area contributed by atoms with Crippen LogP contribution in [0.5, 0.6) is 5.75 Å². The lowest BCUT2D eigenvalue weighted by molar-refractivity contribution is 0.106. The second-order valence-electron chi connectivity index (χ2n) is 2.39. The standard InChI is InChI=1S/C7H5ClF2N2O2/c8-5(14)4-3(6(9)10)2(13)1-12-7(4)11/h1,6,13H,(H2,11,12). The molecule has 4 nitrogen and oxygen atoms in total. The summed E-state index contributed by atoms with van der Waals surface area (Å²) in [6.07, 6.45) is -2.31. The van der Waals surface area contributed by atoms with Gasteiger partial charge in [-0.3, -0.25) is 4.79 Å². The molecule has 0 atom stereocenters. The van der Waals surface area contributed by atoms with Gasteiger partial charge in [-0.15, -0.1) is 0 Å². The van der Waals surface area contributed by atoms with E-state index in [1.165, 1.54) is 0 Å². The van der Waals surface area contributed by atoms with Gasteiger partial charge < -0.3 is 10.8 Å². The van der Waals surface area contributed by atoms with Crippen molar-refractivity contribution in [1.29, 1.82) is 0 Å². The number of aromatic nitrogens is 1. The van der Waals surface area contributed by atoms with Gasteiger partial charge in [0.15, 0.2) is 0 Å². The predicted octanol–water partition coefficient (Wildman–Crippen LogP) is 1.69. The predicted molar refractivity (Wildman–Crippen MR) is 45.5 cm³/mol. The molecule has 0 aliphatic carbocycles. The summed E-state index contributed by atoms with van der Waals surface area (Å²) in [7, 11) is 0. The van der Waals surface area contributed by atoms with Crippen molar-refractivity contribution < 1.29 is 18.7 Å². The molecule has 0 aromatic carbocycles. The number of hydrogen-bond donors (Lipinski definition) is 2. The van der Waals surface area contributed by atoms with Crippen molar-refractivity contribution in [2.45, 2.75) is 6.43 Å². The first-order valence-corrected chi connectivity index (χ1v) is 3.78. The molecule has 0 aliphatic rings. The number of rotatable bonds is 2. The molecule has 1 aromatic rings. The zero-order valence-corrected chi connectivity index (χ0v) is 7.42. The summed E-state index contributed by atoms with van der Waals surface area (Å²) in [4.78, 5) is 14.1. The molecule has 14 heavy (non-hydrogen) atoms. The van der Waals surface area contributed by atoms with E-state index in [1.807, 2.05) is 0 Å². The fraction of sp³-hybridized carbons (Fsp3) is 0.143. The zero-order chi connectivity index (χ0) is 10.9. The average molecular weight is 223 g/mol. The minimum absolute atomic E-state index is 0.432. The Morgan fingerprint density at radius 3 is 2.57 bits per heavy atom. The monoisotopic (exact) mass is 222 g/mol. The van der Waals surface area contributed by atoms with Crippen molar-refractivity contribution in [2.75, 3.05) is 5.73 Å². The minimum Gasteiger partial charge on any atom is -0.506 e. The van der Waals surface area contributed by atoms with Crippen LogP contribution in [0.1, 0.15) is 22.3 Å². The van der Waals surface area contributed by atoms with Crippen LogP contribution in [0.4, 0.5) is 14.6 Å². The van der Waals surface area contributed by atoms with Gasteiger partial charge in [-0.25, -0.2) is 13.8 Å². The first-order chi connectivity index (χ1) is 6.45. The van der Waals surface area contributed by atoms with Gasteiger partial charge in [0.25, 0.3) is 11.7 Å². The van der Waals surface area contributed by atoms with Crippen LogP contribution in [-0.4, -0.2) is 15.3 Å². The van der Waals surface area contributed by atoms with Crippen molar-refractivity contribution in [3.63, 3.8) is 0 Å². The SMILES string of the molecule is Nc1ncc(O)c(C(F)F)c1C(=O)Cl. The van der Waals surface area contributed by atoms with E-state index in [9.17, 15) is 13.6 Å². The number of pyridine rings is 1. The number of nitrogens with zero attached hydrogens (tertiary/aromatic N) is 1. The molecule has 1 heterocycles. The van der Waals surface area contributed by atoms with E-state index in [4.69, 9.17) is 22.4 Å². The summed E-state index contributed by atoms with van der Waals surface area (Å²) in [5.41, 5.74) is 3.63. The molecule has 0 fully saturated rings. The third-order valence-corrected chi connectivity index (χ3v) is 1.73. The number of anilines is 1. The number of carbonyl (C=O) groups is 1. The van der Waals surface area contributed by atoms with Crippen LogP contribution in [0.25, 0.3) is 0 Å². The van der Waals surface area contributed by atoms with Gasteiger partial charge in [0.1, 0.15) is 11.6 Å². The molecule has 0 radical (unpaired) electrons. The third-order valence-electron chi connectivity index (χ3n) is 1.54. The van der Waals surface area contributed by atoms with Crippen LogP contribution in [0.15, 0.2) is 6.20 Å². The van der Waals surface area contributed by atoms with Crippen molar-refractivity contribution >= 4 is 22.7 Å². The molecule has 1 rings (SSSR count). The van der Waals surface area contributed by atoms with Crippen molar-refractivity contribution in [2.24, 2.45) is 0 Å². The lowest BCUT2D eigenvalue weighted by atomic mass is 10.1. The van der Waals surface area contributed by atoms with E-state index in [0.717, 1.165) is 6.20 Å². The Hall–Kier alpha value is -1.43. The zero-order valence-electron chi connectivity index (χ0n) is 6.67. The van der Waals surface area contributed by atoms with Crippen LogP contribution in [0.2, 0.25) is 0 Å². The van der Waals surface area contributed by atoms with Gasteiger partial charge in [0, 0.05) is 0 Å². The number of hydrogen-bond acceptors (Lipinski definition) is 4. The quantitative estimate of drug-likeness (QED) is 0.747. The molecular weight excluding hydrogens is 218 g/mol. The van der Waals surface area contributed by atoms with Gasteiger partial charge in [0.2, 0.25) is 0 Å². The first-order valence-electron chi connectivity index (χ1n) is 3.40. The molecule has 0 saturated heterocycles. The maximum atomic E-state index is 12.4. The van der Waals surface area contributed by atoms with Crippen LogP contribution in [-0.2, 0) is 0 Å². The first kappa shape index (κ1) is 10.6. The molecule has 0 aliphatic heterocycles. The number of halogens is 3. The van der Waals surface area contributed by atoms with Crippen molar-refractivity contribution in [3.8, 4) is 5.75 Å². The van der Waals surface area contributed by atoms with Gasteiger partial charge in [-0.1, -0.05) is 0 Å². The number of nitrogen functional groups attached to an aromatic ring is 1. The Kier molecular flexibility index (Phi) is 2.85. The molecule has 0 unspecified atom stereocenters. The van der Waals surface area contributed by atoms with Crippen molar-refractivity contribution in [3.05, 3.63) is 17.3 Å². The second-order valence-corrected chi connectivity index (χ2v) is 2.74. The van der Waals surface area contributed by atoms with E-state index < -0.39 is 34.4 Å². The Labute approximate surface area is 82.3 Å². The maximum Gasteiger partial charge on any atom is 0.268 e. The molecule has 0 saturated carbocycles. The summed E-state index contributed by atoms with van der Waals surface area (Å²) in [6.45, 7) is 0. The molecule has 0 amide bonds. The van der Waals surface area contributed by atoms with Crippen LogP contribution < -0.4 is 5.73 Å². The fourth-order valence-corrected chi connectivity index (χ4v) is 1.16. The van der Waals surface area contributed by atoms with Crippen LogP contribution in [0.3, 0.4) is 0 Å². The fourth-order valence-electron chi connectivity index (χ4n) is 0.958. The Morgan fingerprint density at radius 2 is 2.21 bits per heavy atom. The summed E-state index contributed by atoms with van der Waals surface area (Å²) in [5.74, 6) is -1.24. The minimum atomic E-state index is -3.04. The Morgan fingerprint density at radius 1 is 1.64 bits per heavy atom.